The van der Waals surface area contributed by atoms with E-state index in [2.05, 4.69) is 20.9 Å². The van der Waals surface area contributed by atoms with Crippen LogP contribution in [0.2, 0.25) is 0 Å². The summed E-state index contributed by atoms with van der Waals surface area (Å²) in [5.74, 6) is -0.469. The molecule has 1 fully saturated rings. The normalized spacial score (nSPS) is 14.7. The molecule has 20 heavy (non-hydrogen) atoms. The average molecular weight is 280 g/mol. The van der Waals surface area contributed by atoms with Crippen LogP contribution in [0.15, 0.2) is 6.20 Å². The van der Waals surface area contributed by atoms with Gasteiger partial charge in [0.25, 0.3) is 5.91 Å². The van der Waals surface area contributed by atoms with Gasteiger partial charge in [0.05, 0.1) is 18.8 Å². The number of hydrogen-bond acceptors (Lipinski definition) is 5. The van der Waals surface area contributed by atoms with Gasteiger partial charge in [-0.1, -0.05) is 5.21 Å². The molecule has 1 aliphatic rings. The highest BCUT2D eigenvalue weighted by atomic mass is 16.2. The predicted octanol–water partition coefficient (Wildman–Crippen LogP) is -0.979. The molecule has 0 bridgehead atoms. The minimum atomic E-state index is -0.371. The Balaban J connectivity index is 1.85. The van der Waals surface area contributed by atoms with E-state index in [-0.39, 0.29) is 30.1 Å². The fourth-order valence-corrected chi connectivity index (χ4v) is 1.95. The van der Waals surface area contributed by atoms with Gasteiger partial charge in [-0.15, -0.1) is 5.10 Å². The molecule has 1 saturated heterocycles. The Morgan fingerprint density at radius 1 is 1.45 bits per heavy atom. The first-order chi connectivity index (χ1) is 9.65. The standard InChI is InChI=1S/C12H20N6O2/c1-3-17(4-2)11(19)7-14-12(20)10-8-18(16-15-10)9-5-13-6-9/h8-9,13H,3-7H2,1-2H3,(H,14,20). The highest BCUT2D eigenvalue weighted by molar-refractivity contribution is 5.94. The molecular formula is C12H20N6O2. The van der Waals surface area contributed by atoms with Crippen molar-refractivity contribution in [1.82, 2.24) is 30.5 Å². The fraction of sp³-hybridized carbons (Fsp3) is 0.667. The first-order valence-corrected chi connectivity index (χ1v) is 6.84. The van der Waals surface area contributed by atoms with Gasteiger partial charge in [0.1, 0.15) is 0 Å². The van der Waals surface area contributed by atoms with Crippen molar-refractivity contribution in [3.63, 3.8) is 0 Å². The van der Waals surface area contributed by atoms with Gasteiger partial charge in [0.15, 0.2) is 5.69 Å². The first-order valence-electron chi connectivity index (χ1n) is 6.84. The molecule has 2 rings (SSSR count). The molecule has 1 aromatic rings. The van der Waals surface area contributed by atoms with Gasteiger partial charge in [0, 0.05) is 26.2 Å². The number of aromatic nitrogens is 3. The molecule has 0 unspecified atom stereocenters. The lowest BCUT2D eigenvalue weighted by atomic mass is 10.2. The molecule has 8 nitrogen and oxygen atoms in total. The SMILES string of the molecule is CCN(CC)C(=O)CNC(=O)c1cn(C2CNC2)nn1. The number of amides is 2. The second-order valence-electron chi connectivity index (χ2n) is 4.64. The van der Waals surface area contributed by atoms with Gasteiger partial charge < -0.3 is 15.5 Å². The first kappa shape index (κ1) is 14.4. The summed E-state index contributed by atoms with van der Waals surface area (Å²) in [5.41, 5.74) is 0.240. The van der Waals surface area contributed by atoms with Crippen LogP contribution in [0.4, 0.5) is 0 Å². The molecule has 0 aliphatic carbocycles. The molecule has 2 amide bonds. The van der Waals surface area contributed by atoms with Crippen molar-refractivity contribution in [2.24, 2.45) is 0 Å². The highest BCUT2D eigenvalue weighted by Crippen LogP contribution is 2.09. The molecule has 0 radical (unpaired) electrons. The summed E-state index contributed by atoms with van der Waals surface area (Å²) < 4.78 is 1.68. The Morgan fingerprint density at radius 2 is 2.15 bits per heavy atom. The summed E-state index contributed by atoms with van der Waals surface area (Å²) in [5, 5.41) is 13.5. The van der Waals surface area contributed by atoms with E-state index in [1.54, 1.807) is 15.8 Å². The summed E-state index contributed by atoms with van der Waals surface area (Å²) in [7, 11) is 0. The molecule has 0 spiro atoms. The molecular weight excluding hydrogens is 260 g/mol. The summed E-state index contributed by atoms with van der Waals surface area (Å²) in [6.07, 6.45) is 1.61. The molecule has 110 valence electrons. The van der Waals surface area contributed by atoms with Crippen molar-refractivity contribution >= 4 is 11.8 Å². The van der Waals surface area contributed by atoms with E-state index in [0.717, 1.165) is 13.1 Å². The Kier molecular flexibility index (Phi) is 4.67. The molecule has 0 saturated carbocycles. The van der Waals surface area contributed by atoms with Gasteiger partial charge in [0.2, 0.25) is 5.91 Å². The Bertz CT molecular complexity index is 478. The molecule has 0 atom stereocenters. The minimum absolute atomic E-state index is 0.0155. The number of rotatable bonds is 6. The zero-order valence-corrected chi connectivity index (χ0v) is 11.8. The van der Waals surface area contributed by atoms with Gasteiger partial charge in [-0.05, 0) is 13.8 Å². The van der Waals surface area contributed by atoms with Crippen LogP contribution >= 0.6 is 0 Å². The van der Waals surface area contributed by atoms with Gasteiger partial charge in [-0.25, -0.2) is 4.68 Å². The molecule has 0 aromatic carbocycles. The van der Waals surface area contributed by atoms with Crippen molar-refractivity contribution < 1.29 is 9.59 Å². The minimum Gasteiger partial charge on any atom is -0.342 e. The van der Waals surface area contributed by atoms with E-state index in [9.17, 15) is 9.59 Å². The molecule has 2 N–H and O–H groups in total. The van der Waals surface area contributed by atoms with Gasteiger partial charge >= 0.3 is 0 Å². The van der Waals surface area contributed by atoms with Crippen molar-refractivity contribution in [3.05, 3.63) is 11.9 Å². The number of hydrogen-bond donors (Lipinski definition) is 2. The van der Waals surface area contributed by atoms with E-state index in [4.69, 9.17) is 0 Å². The third-order valence-corrected chi connectivity index (χ3v) is 3.39. The van der Waals surface area contributed by atoms with Crippen LogP contribution in [0.5, 0.6) is 0 Å². The maximum atomic E-state index is 11.9. The molecule has 1 aromatic heterocycles. The summed E-state index contributed by atoms with van der Waals surface area (Å²) in [6.45, 7) is 6.74. The van der Waals surface area contributed by atoms with Crippen molar-refractivity contribution in [1.29, 1.82) is 0 Å². The second kappa shape index (κ2) is 6.47. The number of nitrogens with one attached hydrogen (secondary N) is 2. The zero-order chi connectivity index (χ0) is 14.5. The topological polar surface area (TPSA) is 92.2 Å². The number of carbonyl (C=O) groups is 2. The highest BCUT2D eigenvalue weighted by Gasteiger charge is 2.22. The van der Waals surface area contributed by atoms with Crippen LogP contribution in [0.3, 0.4) is 0 Å². The zero-order valence-electron chi connectivity index (χ0n) is 11.8. The summed E-state index contributed by atoms with van der Waals surface area (Å²) in [4.78, 5) is 25.3. The average Bonchev–Trinajstić information content (AvgIpc) is 2.84. The molecule has 8 heteroatoms. The number of carbonyl (C=O) groups excluding carboxylic acids is 2. The van der Waals surface area contributed by atoms with Gasteiger partial charge in [-0.2, -0.15) is 0 Å². The number of likely N-dealkylation sites (N-methyl/N-ethyl adjacent to an activating group) is 1. The van der Waals surface area contributed by atoms with E-state index in [1.807, 2.05) is 13.8 Å². The van der Waals surface area contributed by atoms with Crippen molar-refractivity contribution in [2.75, 3.05) is 32.7 Å². The maximum Gasteiger partial charge on any atom is 0.273 e. The Morgan fingerprint density at radius 3 is 2.70 bits per heavy atom. The monoisotopic (exact) mass is 280 g/mol. The van der Waals surface area contributed by atoms with Crippen LogP contribution in [0, 0.1) is 0 Å². The summed E-state index contributed by atoms with van der Waals surface area (Å²) in [6, 6.07) is 0.265. The second-order valence-corrected chi connectivity index (χ2v) is 4.64. The lowest BCUT2D eigenvalue weighted by molar-refractivity contribution is -0.129. The molecule has 1 aliphatic heterocycles. The van der Waals surface area contributed by atoms with Crippen molar-refractivity contribution in [3.8, 4) is 0 Å². The fourth-order valence-electron chi connectivity index (χ4n) is 1.95. The largest absolute Gasteiger partial charge is 0.342 e. The lowest BCUT2D eigenvalue weighted by Crippen LogP contribution is -2.43. The van der Waals surface area contributed by atoms with Crippen molar-refractivity contribution in [2.45, 2.75) is 19.9 Å². The summed E-state index contributed by atoms with van der Waals surface area (Å²) >= 11 is 0. The Hall–Kier alpha value is -1.96. The third kappa shape index (κ3) is 3.13. The van der Waals surface area contributed by atoms with Crippen LogP contribution in [-0.2, 0) is 4.79 Å². The van der Waals surface area contributed by atoms with Gasteiger partial charge in [-0.3, -0.25) is 9.59 Å². The number of nitrogens with zero attached hydrogens (tertiary/aromatic N) is 4. The van der Waals surface area contributed by atoms with Crippen LogP contribution in [0.25, 0.3) is 0 Å². The van der Waals surface area contributed by atoms with E-state index < -0.39 is 0 Å². The predicted molar refractivity (Wildman–Crippen MR) is 72.2 cm³/mol. The van der Waals surface area contributed by atoms with E-state index in [0.29, 0.717) is 13.1 Å². The lowest BCUT2D eigenvalue weighted by Gasteiger charge is -2.26. The van der Waals surface area contributed by atoms with Crippen LogP contribution in [-0.4, -0.2) is 64.4 Å². The Labute approximate surface area is 117 Å². The third-order valence-electron chi connectivity index (χ3n) is 3.39. The van der Waals surface area contributed by atoms with Crippen LogP contribution in [0.1, 0.15) is 30.4 Å². The van der Waals surface area contributed by atoms with E-state index in [1.165, 1.54) is 0 Å². The molecule has 2 heterocycles. The quantitative estimate of drug-likeness (QED) is 0.699. The van der Waals surface area contributed by atoms with E-state index >= 15 is 0 Å². The van der Waals surface area contributed by atoms with Crippen LogP contribution < -0.4 is 10.6 Å². The maximum absolute atomic E-state index is 11.9. The smallest absolute Gasteiger partial charge is 0.273 e.